The number of rotatable bonds is 7. The number of nitrogens with two attached hydrogens (primary N) is 1. The topological polar surface area (TPSA) is 130 Å². The zero-order valence-corrected chi connectivity index (χ0v) is 16.6. The van der Waals surface area contributed by atoms with Gasteiger partial charge in [-0.15, -0.1) is 0 Å². The molecular weight excluding hydrogens is 394 g/mol. The molecule has 0 saturated carbocycles. The SMILES string of the molecule is COc1cc(C(=O)N/C(=C/c2ccc3c(c2)OCO3)C(=O)NN)cc(OC)c1OC. The van der Waals surface area contributed by atoms with Gasteiger partial charge in [-0.05, 0) is 35.9 Å². The van der Waals surface area contributed by atoms with Crippen molar-refractivity contribution < 1.29 is 33.3 Å². The number of carbonyl (C=O) groups excluding carboxylic acids is 2. The Kier molecular flexibility index (Phi) is 6.28. The van der Waals surface area contributed by atoms with E-state index in [4.69, 9.17) is 29.5 Å². The van der Waals surface area contributed by atoms with Crippen LogP contribution < -0.4 is 40.3 Å². The van der Waals surface area contributed by atoms with Crippen LogP contribution in [-0.2, 0) is 4.79 Å². The fraction of sp³-hybridized carbons (Fsp3) is 0.200. The van der Waals surface area contributed by atoms with Crippen LogP contribution in [0.3, 0.4) is 0 Å². The number of amides is 2. The minimum absolute atomic E-state index is 0.0740. The van der Waals surface area contributed by atoms with Gasteiger partial charge in [0.05, 0.1) is 21.3 Å². The summed E-state index contributed by atoms with van der Waals surface area (Å²) < 4.78 is 26.4. The van der Waals surface area contributed by atoms with Gasteiger partial charge in [0.15, 0.2) is 23.0 Å². The second-order valence-electron chi connectivity index (χ2n) is 6.01. The smallest absolute Gasteiger partial charge is 0.281 e. The van der Waals surface area contributed by atoms with Gasteiger partial charge in [-0.2, -0.15) is 0 Å². The lowest BCUT2D eigenvalue weighted by Gasteiger charge is -2.14. The van der Waals surface area contributed by atoms with Crippen molar-refractivity contribution in [3.8, 4) is 28.7 Å². The second kappa shape index (κ2) is 9.05. The molecule has 1 aliphatic heterocycles. The summed E-state index contributed by atoms with van der Waals surface area (Å²) in [5, 5.41) is 2.55. The zero-order chi connectivity index (χ0) is 21.7. The highest BCUT2D eigenvalue weighted by molar-refractivity contribution is 6.05. The predicted octanol–water partition coefficient (Wildman–Crippen LogP) is 1.20. The molecule has 10 heteroatoms. The van der Waals surface area contributed by atoms with Gasteiger partial charge in [0, 0.05) is 5.56 Å². The van der Waals surface area contributed by atoms with Crippen LogP contribution in [0.5, 0.6) is 28.7 Å². The normalized spacial score (nSPS) is 12.2. The third-order valence-electron chi connectivity index (χ3n) is 4.26. The Labute approximate surface area is 172 Å². The average Bonchev–Trinajstić information content (AvgIpc) is 3.24. The molecule has 0 fully saturated rings. The number of hydrazine groups is 1. The molecule has 2 amide bonds. The molecule has 0 aliphatic carbocycles. The lowest BCUT2D eigenvalue weighted by Crippen LogP contribution is -2.38. The van der Waals surface area contributed by atoms with E-state index in [0.717, 1.165) is 0 Å². The van der Waals surface area contributed by atoms with Crippen molar-refractivity contribution >= 4 is 17.9 Å². The molecule has 1 heterocycles. The highest BCUT2D eigenvalue weighted by Crippen LogP contribution is 2.38. The van der Waals surface area contributed by atoms with Crippen molar-refractivity contribution in [3.05, 3.63) is 47.2 Å². The van der Waals surface area contributed by atoms with Crippen LogP contribution in [0.25, 0.3) is 6.08 Å². The molecule has 3 rings (SSSR count). The summed E-state index contributed by atoms with van der Waals surface area (Å²) in [6, 6.07) is 8.03. The molecule has 2 aromatic carbocycles. The number of methoxy groups -OCH3 is 3. The Morgan fingerprint density at radius 3 is 2.27 bits per heavy atom. The summed E-state index contributed by atoms with van der Waals surface area (Å²) in [5.41, 5.74) is 2.72. The van der Waals surface area contributed by atoms with E-state index in [2.05, 4.69) is 5.32 Å². The minimum Gasteiger partial charge on any atom is -0.493 e. The summed E-state index contributed by atoms with van der Waals surface area (Å²) in [6.45, 7) is 0.122. The van der Waals surface area contributed by atoms with E-state index < -0.39 is 11.8 Å². The van der Waals surface area contributed by atoms with E-state index in [9.17, 15) is 9.59 Å². The van der Waals surface area contributed by atoms with Crippen molar-refractivity contribution in [3.63, 3.8) is 0 Å². The molecule has 158 valence electrons. The standard InChI is InChI=1S/C20H21N3O7/c1-26-16-8-12(9-17(27-2)18(16)28-3)19(24)22-13(20(25)23-21)6-11-4-5-14-15(7-11)30-10-29-14/h4-9H,10,21H2,1-3H3,(H,22,24)(H,23,25)/b13-6+. The highest BCUT2D eigenvalue weighted by atomic mass is 16.7. The number of ether oxygens (including phenoxy) is 5. The third-order valence-corrected chi connectivity index (χ3v) is 4.26. The first-order valence-corrected chi connectivity index (χ1v) is 8.74. The lowest BCUT2D eigenvalue weighted by atomic mass is 10.1. The van der Waals surface area contributed by atoms with Crippen LogP contribution in [-0.4, -0.2) is 39.9 Å². The van der Waals surface area contributed by atoms with E-state index in [0.29, 0.717) is 34.3 Å². The molecule has 0 aromatic heterocycles. The van der Waals surface area contributed by atoms with E-state index in [1.54, 1.807) is 18.2 Å². The zero-order valence-electron chi connectivity index (χ0n) is 16.6. The fourth-order valence-electron chi connectivity index (χ4n) is 2.81. The molecule has 0 atom stereocenters. The van der Waals surface area contributed by atoms with Gasteiger partial charge in [0.25, 0.3) is 11.8 Å². The van der Waals surface area contributed by atoms with Crippen molar-refractivity contribution in [2.45, 2.75) is 0 Å². The van der Waals surface area contributed by atoms with Crippen LogP contribution in [0.4, 0.5) is 0 Å². The van der Waals surface area contributed by atoms with E-state index >= 15 is 0 Å². The van der Waals surface area contributed by atoms with Crippen LogP contribution in [0, 0.1) is 0 Å². The van der Waals surface area contributed by atoms with Crippen molar-refractivity contribution in [2.75, 3.05) is 28.1 Å². The van der Waals surface area contributed by atoms with E-state index in [-0.39, 0.29) is 18.1 Å². The van der Waals surface area contributed by atoms with Crippen molar-refractivity contribution in [1.29, 1.82) is 0 Å². The minimum atomic E-state index is -0.687. The molecule has 10 nitrogen and oxygen atoms in total. The third kappa shape index (κ3) is 4.23. The largest absolute Gasteiger partial charge is 0.493 e. The van der Waals surface area contributed by atoms with Crippen molar-refractivity contribution in [2.24, 2.45) is 5.84 Å². The maximum absolute atomic E-state index is 12.8. The van der Waals surface area contributed by atoms with Crippen LogP contribution in [0.15, 0.2) is 36.0 Å². The second-order valence-corrected chi connectivity index (χ2v) is 6.01. The fourth-order valence-corrected chi connectivity index (χ4v) is 2.81. The summed E-state index contributed by atoms with van der Waals surface area (Å²) in [5.74, 6) is 6.07. The van der Waals surface area contributed by atoms with Gasteiger partial charge in [0.1, 0.15) is 5.70 Å². The Balaban J connectivity index is 1.92. The molecule has 0 unspecified atom stereocenters. The van der Waals surface area contributed by atoms with Crippen molar-refractivity contribution in [1.82, 2.24) is 10.7 Å². The van der Waals surface area contributed by atoms with Crippen LogP contribution in [0.2, 0.25) is 0 Å². The first-order valence-electron chi connectivity index (χ1n) is 8.74. The summed E-state index contributed by atoms with van der Waals surface area (Å²) >= 11 is 0. The Hall–Kier alpha value is -3.92. The van der Waals surface area contributed by atoms with Gasteiger partial charge in [0.2, 0.25) is 12.5 Å². The predicted molar refractivity (Wildman–Crippen MR) is 106 cm³/mol. The quantitative estimate of drug-likeness (QED) is 0.266. The first-order chi connectivity index (χ1) is 14.5. The lowest BCUT2D eigenvalue weighted by molar-refractivity contribution is -0.117. The Morgan fingerprint density at radius 2 is 1.67 bits per heavy atom. The van der Waals surface area contributed by atoms with Gasteiger partial charge >= 0.3 is 0 Å². The number of benzene rings is 2. The van der Waals surface area contributed by atoms with Crippen LogP contribution in [0.1, 0.15) is 15.9 Å². The van der Waals surface area contributed by atoms with Gasteiger partial charge < -0.3 is 29.0 Å². The molecule has 2 aromatic rings. The average molecular weight is 415 g/mol. The van der Waals surface area contributed by atoms with Gasteiger partial charge in [-0.3, -0.25) is 15.0 Å². The molecule has 0 bridgehead atoms. The number of hydrogen-bond acceptors (Lipinski definition) is 8. The number of nitrogens with one attached hydrogen (secondary N) is 2. The molecule has 1 aliphatic rings. The van der Waals surface area contributed by atoms with E-state index in [1.807, 2.05) is 5.43 Å². The van der Waals surface area contributed by atoms with Crippen LogP contribution >= 0.6 is 0 Å². The monoisotopic (exact) mass is 415 g/mol. The summed E-state index contributed by atoms with van der Waals surface area (Å²) in [6.07, 6.45) is 1.46. The maximum Gasteiger partial charge on any atom is 0.281 e. The van der Waals surface area contributed by atoms with Gasteiger partial charge in [-0.25, -0.2) is 5.84 Å². The maximum atomic E-state index is 12.8. The number of carbonyl (C=O) groups is 2. The number of hydrogen-bond donors (Lipinski definition) is 3. The number of fused-ring (bicyclic) bond motifs is 1. The molecular formula is C20H21N3O7. The molecule has 0 radical (unpaired) electrons. The molecule has 0 saturated heterocycles. The molecule has 4 N–H and O–H groups in total. The van der Waals surface area contributed by atoms with E-state index in [1.165, 1.54) is 39.5 Å². The Bertz CT molecular complexity index is 979. The summed E-state index contributed by atoms with van der Waals surface area (Å²) in [4.78, 5) is 25.0. The van der Waals surface area contributed by atoms with Gasteiger partial charge in [-0.1, -0.05) is 6.07 Å². The molecule has 30 heavy (non-hydrogen) atoms. The Morgan fingerprint density at radius 1 is 1.00 bits per heavy atom. The highest BCUT2D eigenvalue weighted by Gasteiger charge is 2.20. The first kappa shape index (κ1) is 20.8. The molecule has 0 spiro atoms. The summed E-state index contributed by atoms with van der Waals surface area (Å²) in [7, 11) is 4.33.